The van der Waals surface area contributed by atoms with E-state index in [0.717, 1.165) is 18.4 Å². The average Bonchev–Trinajstić information content (AvgIpc) is 3.27. The van der Waals surface area contributed by atoms with Crippen molar-refractivity contribution in [3.63, 3.8) is 0 Å². The van der Waals surface area contributed by atoms with Crippen LogP contribution in [0.1, 0.15) is 18.4 Å². The van der Waals surface area contributed by atoms with Crippen LogP contribution in [0.5, 0.6) is 11.5 Å². The minimum absolute atomic E-state index is 0.0241. The van der Waals surface area contributed by atoms with E-state index in [0.29, 0.717) is 17.5 Å². The van der Waals surface area contributed by atoms with E-state index in [9.17, 15) is 9.59 Å². The van der Waals surface area contributed by atoms with Gasteiger partial charge in [0.25, 0.3) is 5.91 Å². The Morgan fingerprint density at radius 3 is 2.67 bits per heavy atom. The second kappa shape index (κ2) is 6.97. The molecule has 0 heterocycles. The van der Waals surface area contributed by atoms with Crippen LogP contribution in [0.15, 0.2) is 18.2 Å². The first kappa shape index (κ1) is 15.2. The maximum absolute atomic E-state index is 11.6. The van der Waals surface area contributed by atoms with Crippen molar-refractivity contribution in [2.45, 2.75) is 25.8 Å². The Morgan fingerprint density at radius 2 is 2.00 bits per heavy atom. The van der Waals surface area contributed by atoms with E-state index in [-0.39, 0.29) is 25.0 Å². The van der Waals surface area contributed by atoms with Crippen LogP contribution in [0.25, 0.3) is 0 Å². The van der Waals surface area contributed by atoms with Gasteiger partial charge in [0.05, 0.1) is 13.7 Å². The molecule has 2 N–H and O–H groups in total. The second-order valence-electron chi connectivity index (χ2n) is 5.06. The SMILES string of the molecule is COc1cc(C)ccc1OCC(=O)NCC(=O)NC1CC1. The van der Waals surface area contributed by atoms with E-state index in [1.807, 2.05) is 19.1 Å². The van der Waals surface area contributed by atoms with E-state index >= 15 is 0 Å². The van der Waals surface area contributed by atoms with Gasteiger partial charge in [-0.25, -0.2) is 0 Å². The van der Waals surface area contributed by atoms with Gasteiger partial charge in [-0.3, -0.25) is 9.59 Å². The molecule has 1 aliphatic carbocycles. The van der Waals surface area contributed by atoms with Crippen molar-refractivity contribution < 1.29 is 19.1 Å². The Kier molecular flexibility index (Phi) is 5.03. The topological polar surface area (TPSA) is 76.7 Å². The van der Waals surface area contributed by atoms with Gasteiger partial charge in [-0.1, -0.05) is 6.07 Å². The monoisotopic (exact) mass is 292 g/mol. The van der Waals surface area contributed by atoms with Crippen molar-refractivity contribution in [1.29, 1.82) is 0 Å². The smallest absolute Gasteiger partial charge is 0.258 e. The Bertz CT molecular complexity index is 526. The third kappa shape index (κ3) is 4.98. The van der Waals surface area contributed by atoms with Crippen molar-refractivity contribution in [1.82, 2.24) is 10.6 Å². The average molecular weight is 292 g/mol. The fraction of sp³-hybridized carbons (Fsp3) is 0.467. The number of ether oxygens (including phenoxy) is 2. The van der Waals surface area contributed by atoms with E-state index in [4.69, 9.17) is 9.47 Å². The minimum atomic E-state index is -0.344. The first-order valence-corrected chi connectivity index (χ1v) is 6.92. The lowest BCUT2D eigenvalue weighted by atomic mass is 10.2. The highest BCUT2D eigenvalue weighted by atomic mass is 16.5. The van der Waals surface area contributed by atoms with Gasteiger partial charge < -0.3 is 20.1 Å². The summed E-state index contributed by atoms with van der Waals surface area (Å²) in [4.78, 5) is 23.1. The van der Waals surface area contributed by atoms with E-state index in [1.165, 1.54) is 0 Å². The number of benzene rings is 1. The summed E-state index contributed by atoms with van der Waals surface area (Å²) in [6, 6.07) is 5.75. The first-order chi connectivity index (χ1) is 10.1. The predicted octanol–water partition coefficient (Wildman–Crippen LogP) is 0.777. The number of amides is 2. The lowest BCUT2D eigenvalue weighted by Crippen LogP contribution is -2.39. The van der Waals surface area contributed by atoms with Gasteiger partial charge in [-0.15, -0.1) is 0 Å². The molecule has 0 aliphatic heterocycles. The molecule has 0 radical (unpaired) electrons. The van der Waals surface area contributed by atoms with Gasteiger partial charge in [0.15, 0.2) is 18.1 Å². The van der Waals surface area contributed by atoms with E-state index < -0.39 is 0 Å². The summed E-state index contributed by atoms with van der Waals surface area (Å²) in [6.45, 7) is 1.76. The van der Waals surface area contributed by atoms with E-state index in [1.54, 1.807) is 13.2 Å². The van der Waals surface area contributed by atoms with Crippen LogP contribution < -0.4 is 20.1 Å². The van der Waals surface area contributed by atoms with E-state index in [2.05, 4.69) is 10.6 Å². The molecular formula is C15H20N2O4. The van der Waals surface area contributed by atoms with Crippen LogP contribution in [0, 0.1) is 6.92 Å². The Morgan fingerprint density at radius 1 is 1.24 bits per heavy atom. The highest BCUT2D eigenvalue weighted by Crippen LogP contribution is 2.27. The summed E-state index contributed by atoms with van der Waals surface area (Å²) < 4.78 is 10.6. The molecule has 1 saturated carbocycles. The summed E-state index contributed by atoms with van der Waals surface area (Å²) in [6.07, 6.45) is 2.05. The zero-order valence-electron chi connectivity index (χ0n) is 12.3. The van der Waals surface area contributed by atoms with Crippen molar-refractivity contribution in [3.8, 4) is 11.5 Å². The zero-order chi connectivity index (χ0) is 15.2. The number of hydrogen-bond donors (Lipinski definition) is 2. The van der Waals surface area contributed by atoms with Crippen molar-refractivity contribution in [3.05, 3.63) is 23.8 Å². The van der Waals surface area contributed by atoms with Gasteiger partial charge in [0.2, 0.25) is 5.91 Å². The molecule has 1 aliphatic rings. The van der Waals surface area contributed by atoms with Crippen LogP contribution in [-0.2, 0) is 9.59 Å². The van der Waals surface area contributed by atoms with Crippen molar-refractivity contribution in [2.24, 2.45) is 0 Å². The molecule has 0 saturated heterocycles. The maximum Gasteiger partial charge on any atom is 0.258 e. The lowest BCUT2D eigenvalue weighted by molar-refractivity contribution is -0.127. The summed E-state index contributed by atoms with van der Waals surface area (Å²) >= 11 is 0. The zero-order valence-corrected chi connectivity index (χ0v) is 12.3. The third-order valence-electron chi connectivity index (χ3n) is 3.07. The number of methoxy groups -OCH3 is 1. The number of hydrogen-bond acceptors (Lipinski definition) is 4. The van der Waals surface area contributed by atoms with Gasteiger partial charge in [0.1, 0.15) is 0 Å². The maximum atomic E-state index is 11.6. The fourth-order valence-corrected chi connectivity index (χ4v) is 1.77. The summed E-state index contributed by atoms with van der Waals surface area (Å²) in [7, 11) is 1.55. The summed E-state index contributed by atoms with van der Waals surface area (Å²) in [5.74, 6) is 0.567. The highest BCUT2D eigenvalue weighted by molar-refractivity contribution is 5.85. The van der Waals surface area contributed by atoms with Gasteiger partial charge in [-0.2, -0.15) is 0 Å². The lowest BCUT2D eigenvalue weighted by Gasteiger charge is -2.11. The van der Waals surface area contributed by atoms with Crippen LogP contribution >= 0.6 is 0 Å². The van der Waals surface area contributed by atoms with Crippen LogP contribution in [-0.4, -0.2) is 38.1 Å². The summed E-state index contributed by atoms with van der Waals surface area (Å²) in [5, 5.41) is 5.31. The number of carbonyl (C=O) groups excluding carboxylic acids is 2. The number of nitrogens with one attached hydrogen (secondary N) is 2. The Hall–Kier alpha value is -2.24. The molecule has 0 aromatic heterocycles. The largest absolute Gasteiger partial charge is 0.493 e. The molecule has 1 aromatic carbocycles. The third-order valence-corrected chi connectivity index (χ3v) is 3.07. The standard InChI is InChI=1S/C15H20N2O4/c1-10-3-6-12(13(7-10)20-2)21-9-15(19)16-8-14(18)17-11-4-5-11/h3,6-7,11H,4-5,8-9H2,1-2H3,(H,16,19)(H,17,18). The second-order valence-corrected chi connectivity index (χ2v) is 5.06. The fourth-order valence-electron chi connectivity index (χ4n) is 1.77. The molecule has 1 fully saturated rings. The molecule has 1 aromatic rings. The van der Waals surface area contributed by atoms with Crippen LogP contribution in [0.2, 0.25) is 0 Å². The molecule has 6 nitrogen and oxygen atoms in total. The molecule has 6 heteroatoms. The quantitative estimate of drug-likeness (QED) is 0.778. The Balaban J connectivity index is 1.74. The molecule has 114 valence electrons. The molecule has 0 bridgehead atoms. The number of carbonyl (C=O) groups is 2. The highest BCUT2D eigenvalue weighted by Gasteiger charge is 2.23. The van der Waals surface area contributed by atoms with Gasteiger partial charge in [-0.05, 0) is 37.5 Å². The Labute approximate surface area is 123 Å². The molecule has 0 unspecified atom stereocenters. The molecular weight excluding hydrogens is 272 g/mol. The van der Waals surface area contributed by atoms with Crippen molar-refractivity contribution >= 4 is 11.8 Å². The van der Waals surface area contributed by atoms with Gasteiger partial charge in [0, 0.05) is 6.04 Å². The number of aryl methyl sites for hydroxylation is 1. The molecule has 2 rings (SSSR count). The van der Waals surface area contributed by atoms with Gasteiger partial charge >= 0.3 is 0 Å². The van der Waals surface area contributed by atoms with Crippen LogP contribution in [0.3, 0.4) is 0 Å². The first-order valence-electron chi connectivity index (χ1n) is 6.92. The molecule has 0 spiro atoms. The minimum Gasteiger partial charge on any atom is -0.493 e. The molecule has 0 atom stereocenters. The molecule has 21 heavy (non-hydrogen) atoms. The normalized spacial score (nSPS) is 13.4. The molecule has 2 amide bonds. The predicted molar refractivity (Wildman–Crippen MR) is 77.4 cm³/mol. The summed E-state index contributed by atoms with van der Waals surface area (Å²) in [5.41, 5.74) is 1.04. The number of rotatable bonds is 7. The van der Waals surface area contributed by atoms with Crippen molar-refractivity contribution in [2.75, 3.05) is 20.3 Å². The van der Waals surface area contributed by atoms with Crippen LogP contribution in [0.4, 0.5) is 0 Å².